The maximum atomic E-state index is 11.7. The van der Waals surface area contributed by atoms with Gasteiger partial charge in [0, 0.05) is 18.2 Å². The van der Waals surface area contributed by atoms with E-state index in [1.165, 1.54) is 12.1 Å². The summed E-state index contributed by atoms with van der Waals surface area (Å²) in [4.78, 5) is 35.4. The molecule has 0 aliphatic carbocycles. The fraction of sp³-hybridized carbons (Fsp3) is 0.214. The monoisotopic (exact) mass is 259 g/mol. The lowest BCUT2D eigenvalue weighted by atomic mass is 10.0. The fourth-order valence-corrected chi connectivity index (χ4v) is 2.03. The minimum atomic E-state index is -1.01. The Morgan fingerprint density at radius 2 is 1.95 bits per heavy atom. The number of amides is 2. The number of rotatable bonds is 4. The van der Waals surface area contributed by atoms with Gasteiger partial charge in [-0.25, -0.2) is 4.79 Å². The van der Waals surface area contributed by atoms with Crippen LogP contribution in [0.5, 0.6) is 0 Å². The largest absolute Gasteiger partial charge is 0.478 e. The molecule has 0 saturated carbocycles. The lowest BCUT2D eigenvalue weighted by Crippen LogP contribution is -2.33. The second-order valence-corrected chi connectivity index (χ2v) is 4.33. The molecule has 2 rings (SSSR count). The number of carboxylic acids is 1. The van der Waals surface area contributed by atoms with Crippen LogP contribution in [0.3, 0.4) is 0 Å². The molecule has 0 aromatic heterocycles. The van der Waals surface area contributed by atoms with Crippen LogP contribution in [-0.2, 0) is 16.0 Å². The second kappa shape index (κ2) is 5.06. The number of carbonyl (C=O) groups is 3. The molecular weight excluding hydrogens is 246 g/mol. The lowest BCUT2D eigenvalue weighted by Gasteiger charge is -2.15. The van der Waals surface area contributed by atoms with E-state index in [1.807, 2.05) is 0 Å². The SMILES string of the molecule is CC1=CC(=O)N(CCc2ccccc2C(=O)O)C1=O. The van der Waals surface area contributed by atoms with Crippen molar-refractivity contribution in [3.8, 4) is 0 Å². The summed E-state index contributed by atoms with van der Waals surface area (Å²) in [5, 5.41) is 9.05. The average molecular weight is 259 g/mol. The molecule has 0 bridgehead atoms. The van der Waals surface area contributed by atoms with Crippen LogP contribution in [0, 0.1) is 0 Å². The highest BCUT2D eigenvalue weighted by Crippen LogP contribution is 2.15. The molecule has 0 radical (unpaired) electrons. The quantitative estimate of drug-likeness (QED) is 0.825. The molecule has 98 valence electrons. The summed E-state index contributed by atoms with van der Waals surface area (Å²) >= 11 is 0. The zero-order valence-electron chi connectivity index (χ0n) is 10.4. The van der Waals surface area contributed by atoms with Crippen LogP contribution >= 0.6 is 0 Å². The number of benzene rings is 1. The van der Waals surface area contributed by atoms with E-state index in [1.54, 1.807) is 25.1 Å². The molecule has 1 N–H and O–H groups in total. The molecule has 0 atom stereocenters. The Bertz CT molecular complexity index is 589. The van der Waals surface area contributed by atoms with E-state index in [4.69, 9.17) is 5.11 Å². The van der Waals surface area contributed by atoms with E-state index in [0.29, 0.717) is 17.6 Å². The van der Waals surface area contributed by atoms with Gasteiger partial charge in [0.15, 0.2) is 0 Å². The summed E-state index contributed by atoms with van der Waals surface area (Å²) in [6, 6.07) is 6.58. The highest BCUT2D eigenvalue weighted by Gasteiger charge is 2.27. The van der Waals surface area contributed by atoms with Gasteiger partial charge < -0.3 is 5.11 Å². The molecule has 5 nitrogen and oxygen atoms in total. The van der Waals surface area contributed by atoms with E-state index >= 15 is 0 Å². The van der Waals surface area contributed by atoms with Gasteiger partial charge in [-0.1, -0.05) is 18.2 Å². The van der Waals surface area contributed by atoms with Crippen molar-refractivity contribution in [1.29, 1.82) is 0 Å². The topological polar surface area (TPSA) is 74.7 Å². The van der Waals surface area contributed by atoms with Gasteiger partial charge in [-0.05, 0) is 25.0 Å². The van der Waals surface area contributed by atoms with Crippen molar-refractivity contribution in [2.75, 3.05) is 6.54 Å². The zero-order chi connectivity index (χ0) is 14.0. The third-order valence-corrected chi connectivity index (χ3v) is 3.04. The summed E-state index contributed by atoms with van der Waals surface area (Å²) in [5.74, 6) is -1.66. The first-order chi connectivity index (χ1) is 9.00. The van der Waals surface area contributed by atoms with Gasteiger partial charge in [0.25, 0.3) is 11.8 Å². The van der Waals surface area contributed by atoms with Crippen LogP contribution < -0.4 is 0 Å². The maximum Gasteiger partial charge on any atom is 0.335 e. The van der Waals surface area contributed by atoms with Crippen molar-refractivity contribution in [2.45, 2.75) is 13.3 Å². The predicted molar refractivity (Wildman–Crippen MR) is 67.6 cm³/mol. The van der Waals surface area contributed by atoms with Crippen molar-refractivity contribution in [3.63, 3.8) is 0 Å². The van der Waals surface area contributed by atoms with Gasteiger partial charge in [0.2, 0.25) is 0 Å². The number of hydrogen-bond acceptors (Lipinski definition) is 3. The maximum absolute atomic E-state index is 11.7. The van der Waals surface area contributed by atoms with Gasteiger partial charge in [-0.2, -0.15) is 0 Å². The summed E-state index contributed by atoms with van der Waals surface area (Å²) < 4.78 is 0. The van der Waals surface area contributed by atoms with E-state index in [-0.39, 0.29) is 23.9 Å². The van der Waals surface area contributed by atoms with Crippen LogP contribution in [0.25, 0.3) is 0 Å². The molecule has 1 heterocycles. The Morgan fingerprint density at radius 3 is 2.53 bits per heavy atom. The summed E-state index contributed by atoms with van der Waals surface area (Å²) in [7, 11) is 0. The van der Waals surface area contributed by atoms with E-state index < -0.39 is 5.97 Å². The van der Waals surface area contributed by atoms with Gasteiger partial charge >= 0.3 is 5.97 Å². The fourth-order valence-electron chi connectivity index (χ4n) is 2.03. The number of carbonyl (C=O) groups excluding carboxylic acids is 2. The third kappa shape index (κ3) is 2.54. The molecule has 0 saturated heterocycles. The van der Waals surface area contributed by atoms with E-state index in [9.17, 15) is 14.4 Å². The standard InChI is InChI=1S/C14H13NO4/c1-9-8-12(16)15(13(9)17)7-6-10-4-2-3-5-11(10)14(18)19/h2-5,8H,6-7H2,1H3,(H,18,19). The van der Waals surface area contributed by atoms with Gasteiger partial charge in [0.1, 0.15) is 0 Å². The molecule has 19 heavy (non-hydrogen) atoms. The van der Waals surface area contributed by atoms with Crippen LogP contribution in [0.15, 0.2) is 35.9 Å². The number of aromatic carboxylic acids is 1. The van der Waals surface area contributed by atoms with Gasteiger partial charge in [0.05, 0.1) is 5.56 Å². The van der Waals surface area contributed by atoms with Crippen molar-refractivity contribution >= 4 is 17.8 Å². The van der Waals surface area contributed by atoms with Crippen LogP contribution in [-0.4, -0.2) is 34.3 Å². The van der Waals surface area contributed by atoms with E-state index in [0.717, 1.165) is 4.90 Å². The van der Waals surface area contributed by atoms with Gasteiger partial charge in [-0.3, -0.25) is 14.5 Å². The Kier molecular flexibility index (Phi) is 3.46. The zero-order valence-corrected chi connectivity index (χ0v) is 10.4. The van der Waals surface area contributed by atoms with E-state index in [2.05, 4.69) is 0 Å². The average Bonchev–Trinajstić information content (AvgIpc) is 2.61. The van der Waals surface area contributed by atoms with Crippen LogP contribution in [0.1, 0.15) is 22.8 Å². The third-order valence-electron chi connectivity index (χ3n) is 3.04. The van der Waals surface area contributed by atoms with Gasteiger partial charge in [-0.15, -0.1) is 0 Å². The van der Waals surface area contributed by atoms with Crippen molar-refractivity contribution < 1.29 is 19.5 Å². The summed E-state index contributed by atoms with van der Waals surface area (Å²) in [6.45, 7) is 1.78. The summed E-state index contributed by atoms with van der Waals surface area (Å²) in [6.07, 6.45) is 1.63. The van der Waals surface area contributed by atoms with Crippen LogP contribution in [0.2, 0.25) is 0 Å². The smallest absolute Gasteiger partial charge is 0.335 e. The molecule has 0 spiro atoms. The minimum Gasteiger partial charge on any atom is -0.478 e. The number of nitrogens with zero attached hydrogens (tertiary/aromatic N) is 1. The molecule has 0 fully saturated rings. The Hall–Kier alpha value is -2.43. The Morgan fingerprint density at radius 1 is 1.26 bits per heavy atom. The molecular formula is C14H13NO4. The molecule has 1 aromatic rings. The number of carboxylic acid groups (broad SMARTS) is 1. The minimum absolute atomic E-state index is 0.190. The number of imide groups is 1. The molecule has 2 amide bonds. The Labute approximate surface area is 110 Å². The first-order valence-corrected chi connectivity index (χ1v) is 5.86. The Balaban J connectivity index is 2.10. The molecule has 1 aliphatic rings. The lowest BCUT2D eigenvalue weighted by molar-refractivity contribution is -0.137. The first-order valence-electron chi connectivity index (χ1n) is 5.86. The normalized spacial score (nSPS) is 14.8. The molecule has 1 aliphatic heterocycles. The van der Waals surface area contributed by atoms with Crippen LogP contribution in [0.4, 0.5) is 0 Å². The molecule has 5 heteroatoms. The molecule has 1 aromatic carbocycles. The summed E-state index contributed by atoms with van der Waals surface area (Å²) in [5.41, 5.74) is 1.22. The highest BCUT2D eigenvalue weighted by atomic mass is 16.4. The second-order valence-electron chi connectivity index (χ2n) is 4.33. The highest BCUT2D eigenvalue weighted by molar-refractivity contribution is 6.15. The predicted octanol–water partition coefficient (Wildman–Crippen LogP) is 1.24. The van der Waals surface area contributed by atoms with Crippen molar-refractivity contribution in [2.24, 2.45) is 0 Å². The van der Waals surface area contributed by atoms with Crippen molar-refractivity contribution in [3.05, 3.63) is 47.0 Å². The first kappa shape index (κ1) is 13.0. The van der Waals surface area contributed by atoms with Crippen molar-refractivity contribution in [1.82, 2.24) is 4.90 Å². The molecule has 0 unspecified atom stereocenters. The number of hydrogen-bond donors (Lipinski definition) is 1.